The van der Waals surface area contributed by atoms with Crippen molar-refractivity contribution in [3.8, 4) is 0 Å². The van der Waals surface area contributed by atoms with E-state index in [4.69, 9.17) is 4.42 Å². The third kappa shape index (κ3) is 4.84. The van der Waals surface area contributed by atoms with Crippen LogP contribution in [0.5, 0.6) is 0 Å². The van der Waals surface area contributed by atoms with Crippen LogP contribution in [0, 0.1) is 0 Å². The Kier molecular flexibility index (Phi) is 4.70. The van der Waals surface area contributed by atoms with Gasteiger partial charge in [-0.25, -0.2) is 18.1 Å². The lowest BCUT2D eigenvalue weighted by molar-refractivity contribution is 0.555. The zero-order valence-electron chi connectivity index (χ0n) is 10.5. The molecule has 102 valence electrons. The molecule has 0 radical (unpaired) electrons. The molecular weight excluding hydrogens is 264 g/mol. The molecule has 5 nitrogen and oxygen atoms in total. The van der Waals surface area contributed by atoms with Gasteiger partial charge in [-0.2, -0.15) is 0 Å². The number of hydrogen-bond donors (Lipinski definition) is 1. The highest BCUT2D eigenvalue weighted by Crippen LogP contribution is 2.01. The molecule has 0 aliphatic rings. The molecule has 1 N–H and O–H groups in total. The Labute approximate surface area is 112 Å². The predicted octanol–water partition coefficient (Wildman–Crippen LogP) is 1.38. The van der Waals surface area contributed by atoms with Crippen molar-refractivity contribution in [1.82, 2.24) is 9.71 Å². The Balaban J connectivity index is 1.76. The van der Waals surface area contributed by atoms with E-state index in [1.807, 2.05) is 30.3 Å². The highest BCUT2D eigenvalue weighted by atomic mass is 32.2. The molecule has 0 atom stereocenters. The highest BCUT2D eigenvalue weighted by molar-refractivity contribution is 7.89. The summed E-state index contributed by atoms with van der Waals surface area (Å²) < 4.78 is 30.9. The molecule has 0 amide bonds. The molecular formula is C13H16N2O3S. The van der Waals surface area contributed by atoms with Crippen LogP contribution < -0.4 is 4.72 Å². The molecule has 1 aromatic carbocycles. The lowest BCUT2D eigenvalue weighted by Gasteiger charge is -2.05. The monoisotopic (exact) mass is 280 g/mol. The zero-order valence-corrected chi connectivity index (χ0v) is 11.3. The summed E-state index contributed by atoms with van der Waals surface area (Å²) in [5.41, 5.74) is 1.76. The van der Waals surface area contributed by atoms with Crippen LogP contribution in [0.1, 0.15) is 11.3 Å². The third-order valence-electron chi connectivity index (χ3n) is 2.69. The maximum absolute atomic E-state index is 11.8. The summed E-state index contributed by atoms with van der Waals surface area (Å²) in [4.78, 5) is 3.93. The van der Waals surface area contributed by atoms with Crippen molar-refractivity contribution in [3.05, 3.63) is 54.2 Å². The molecule has 0 aliphatic heterocycles. The van der Waals surface area contributed by atoms with E-state index in [1.54, 1.807) is 0 Å². The second kappa shape index (κ2) is 6.49. The maximum Gasteiger partial charge on any atom is 0.211 e. The normalized spacial score (nSPS) is 11.6. The van der Waals surface area contributed by atoms with Crippen molar-refractivity contribution in [2.45, 2.75) is 12.8 Å². The van der Waals surface area contributed by atoms with Gasteiger partial charge in [-0.05, 0) is 12.0 Å². The van der Waals surface area contributed by atoms with Gasteiger partial charge in [0, 0.05) is 13.0 Å². The van der Waals surface area contributed by atoms with Crippen molar-refractivity contribution < 1.29 is 12.8 Å². The smallest absolute Gasteiger partial charge is 0.211 e. The van der Waals surface area contributed by atoms with Crippen LogP contribution in [0.25, 0.3) is 0 Å². The van der Waals surface area contributed by atoms with Crippen LogP contribution in [0.3, 0.4) is 0 Å². The Hall–Kier alpha value is -1.66. The van der Waals surface area contributed by atoms with Crippen molar-refractivity contribution in [3.63, 3.8) is 0 Å². The minimum atomic E-state index is -3.24. The molecule has 2 rings (SSSR count). The van der Waals surface area contributed by atoms with E-state index < -0.39 is 10.0 Å². The van der Waals surface area contributed by atoms with Gasteiger partial charge in [0.05, 0.1) is 11.4 Å². The first kappa shape index (κ1) is 13.8. The lowest BCUT2D eigenvalue weighted by atomic mass is 10.2. The molecule has 1 heterocycles. The topological polar surface area (TPSA) is 72.2 Å². The molecule has 19 heavy (non-hydrogen) atoms. The Morgan fingerprint density at radius 3 is 2.63 bits per heavy atom. The van der Waals surface area contributed by atoms with Crippen LogP contribution in [-0.4, -0.2) is 25.7 Å². The van der Waals surface area contributed by atoms with Gasteiger partial charge >= 0.3 is 0 Å². The molecule has 1 aromatic heterocycles. The van der Waals surface area contributed by atoms with E-state index >= 15 is 0 Å². The summed E-state index contributed by atoms with van der Waals surface area (Å²) in [6.07, 6.45) is 3.89. The number of sulfonamides is 1. The number of benzene rings is 1. The van der Waals surface area contributed by atoms with E-state index in [0.717, 1.165) is 11.3 Å². The average Bonchev–Trinajstić information content (AvgIpc) is 2.91. The molecule has 2 aromatic rings. The van der Waals surface area contributed by atoms with Crippen LogP contribution in [0.15, 0.2) is 47.4 Å². The predicted molar refractivity (Wildman–Crippen MR) is 72.1 cm³/mol. The number of nitrogens with zero attached hydrogens (tertiary/aromatic N) is 1. The Morgan fingerprint density at radius 2 is 1.95 bits per heavy atom. The lowest BCUT2D eigenvalue weighted by Crippen LogP contribution is -2.29. The fourth-order valence-corrected chi connectivity index (χ4v) is 2.73. The molecule has 0 saturated heterocycles. The van der Waals surface area contributed by atoms with Crippen LogP contribution >= 0.6 is 0 Å². The Morgan fingerprint density at radius 1 is 1.16 bits per heavy atom. The minimum Gasteiger partial charge on any atom is -0.451 e. The fraction of sp³-hybridized carbons (Fsp3) is 0.308. The van der Waals surface area contributed by atoms with Crippen molar-refractivity contribution >= 4 is 10.0 Å². The molecule has 0 spiro atoms. The average molecular weight is 280 g/mol. The van der Waals surface area contributed by atoms with E-state index in [2.05, 4.69) is 9.71 Å². The van der Waals surface area contributed by atoms with Crippen molar-refractivity contribution in [2.75, 3.05) is 12.3 Å². The number of aryl methyl sites for hydroxylation is 1. The molecule has 6 heteroatoms. The number of nitrogens with one attached hydrogen (secondary N) is 1. The largest absolute Gasteiger partial charge is 0.451 e. The number of oxazole rings is 1. The summed E-state index contributed by atoms with van der Waals surface area (Å²) in [5.74, 6) is 0.0931. The van der Waals surface area contributed by atoms with Gasteiger partial charge in [0.15, 0.2) is 6.39 Å². The molecule has 0 saturated carbocycles. The van der Waals surface area contributed by atoms with Gasteiger partial charge in [-0.1, -0.05) is 30.3 Å². The molecule has 0 aliphatic carbocycles. The first-order valence-electron chi connectivity index (χ1n) is 6.04. The number of aromatic nitrogens is 1. The van der Waals surface area contributed by atoms with Crippen molar-refractivity contribution in [1.29, 1.82) is 0 Å². The number of hydrogen-bond acceptors (Lipinski definition) is 4. The quantitative estimate of drug-likeness (QED) is 0.831. The van der Waals surface area contributed by atoms with Gasteiger partial charge in [-0.15, -0.1) is 0 Å². The SMILES string of the molecule is O=S(=O)(CCc1ccccc1)NCCc1cocn1. The van der Waals surface area contributed by atoms with Gasteiger partial charge in [0.2, 0.25) is 10.0 Å². The Bertz CT molecular complexity index is 580. The summed E-state index contributed by atoms with van der Waals surface area (Å²) in [6, 6.07) is 9.56. The third-order valence-corrected chi connectivity index (χ3v) is 4.07. The summed E-state index contributed by atoms with van der Waals surface area (Å²) >= 11 is 0. The summed E-state index contributed by atoms with van der Waals surface area (Å²) in [7, 11) is -3.24. The molecule has 0 bridgehead atoms. The van der Waals surface area contributed by atoms with Crippen LogP contribution in [0.4, 0.5) is 0 Å². The van der Waals surface area contributed by atoms with Gasteiger partial charge in [-0.3, -0.25) is 0 Å². The van der Waals surface area contributed by atoms with E-state index in [1.165, 1.54) is 12.7 Å². The minimum absolute atomic E-state index is 0.0931. The maximum atomic E-state index is 11.8. The second-order valence-electron chi connectivity index (χ2n) is 4.18. The summed E-state index contributed by atoms with van der Waals surface area (Å²) in [5, 5.41) is 0. The van der Waals surface area contributed by atoms with E-state index in [9.17, 15) is 8.42 Å². The molecule has 0 fully saturated rings. The highest BCUT2D eigenvalue weighted by Gasteiger charge is 2.10. The first-order chi connectivity index (χ1) is 9.16. The number of rotatable bonds is 7. The van der Waals surface area contributed by atoms with Crippen molar-refractivity contribution in [2.24, 2.45) is 0 Å². The first-order valence-corrected chi connectivity index (χ1v) is 7.69. The second-order valence-corrected chi connectivity index (χ2v) is 6.11. The van der Waals surface area contributed by atoms with Gasteiger partial charge < -0.3 is 4.42 Å². The molecule has 0 unspecified atom stereocenters. The zero-order chi connectivity index (χ0) is 13.6. The van der Waals surface area contributed by atoms with Crippen LogP contribution in [0.2, 0.25) is 0 Å². The standard InChI is InChI=1S/C13H16N2O3S/c16-19(17,9-7-12-4-2-1-3-5-12)15-8-6-13-10-18-11-14-13/h1-5,10-11,15H,6-9H2. The fourth-order valence-electron chi connectivity index (χ4n) is 1.66. The van der Waals surface area contributed by atoms with Crippen LogP contribution in [-0.2, 0) is 22.9 Å². The van der Waals surface area contributed by atoms with Gasteiger partial charge in [0.1, 0.15) is 6.26 Å². The summed E-state index contributed by atoms with van der Waals surface area (Å²) in [6.45, 7) is 0.337. The van der Waals surface area contributed by atoms with Gasteiger partial charge in [0.25, 0.3) is 0 Å². The van der Waals surface area contributed by atoms with E-state index in [-0.39, 0.29) is 5.75 Å². The van der Waals surface area contributed by atoms with E-state index in [0.29, 0.717) is 19.4 Å².